The highest BCUT2D eigenvalue weighted by Gasteiger charge is 2.25. The van der Waals surface area contributed by atoms with Crippen molar-refractivity contribution in [2.75, 3.05) is 4.90 Å². The smallest absolute Gasteiger partial charge is 0.230 e. The third-order valence-corrected chi connectivity index (χ3v) is 4.23. The van der Waals surface area contributed by atoms with Gasteiger partial charge in [-0.25, -0.2) is 9.97 Å². The molecule has 1 aliphatic rings. The van der Waals surface area contributed by atoms with Crippen LogP contribution in [-0.2, 0) is 11.8 Å². The van der Waals surface area contributed by atoms with Crippen LogP contribution >= 0.6 is 15.9 Å². The van der Waals surface area contributed by atoms with Crippen molar-refractivity contribution in [3.63, 3.8) is 0 Å². The van der Waals surface area contributed by atoms with Crippen molar-refractivity contribution in [2.24, 2.45) is 0 Å². The summed E-state index contributed by atoms with van der Waals surface area (Å²) >= 11 is 3.42. The van der Waals surface area contributed by atoms with Gasteiger partial charge in [0.2, 0.25) is 5.95 Å². The van der Waals surface area contributed by atoms with Crippen molar-refractivity contribution < 1.29 is 0 Å². The zero-order chi connectivity index (χ0) is 13.2. The highest BCUT2D eigenvalue weighted by molar-refractivity contribution is 9.08. The molecule has 4 heteroatoms. The van der Waals surface area contributed by atoms with Gasteiger partial charge in [-0.2, -0.15) is 0 Å². The number of hydrogen-bond donors (Lipinski definition) is 0. The summed E-state index contributed by atoms with van der Waals surface area (Å²) < 4.78 is 0. The van der Waals surface area contributed by atoms with E-state index in [9.17, 15) is 0 Å². The van der Waals surface area contributed by atoms with Gasteiger partial charge in [-0.1, -0.05) is 34.1 Å². The van der Waals surface area contributed by atoms with Gasteiger partial charge in [0.05, 0.1) is 0 Å². The monoisotopic (exact) mass is 317 g/mol. The van der Waals surface area contributed by atoms with Crippen LogP contribution in [0.25, 0.3) is 0 Å². The van der Waals surface area contributed by atoms with Crippen molar-refractivity contribution in [3.8, 4) is 0 Å². The first-order valence-electron chi connectivity index (χ1n) is 6.53. The molecule has 2 heterocycles. The molecule has 1 aliphatic heterocycles. The summed E-state index contributed by atoms with van der Waals surface area (Å²) in [5, 5.41) is 0.791. The van der Waals surface area contributed by atoms with Crippen molar-refractivity contribution in [1.29, 1.82) is 0 Å². The van der Waals surface area contributed by atoms with Gasteiger partial charge in [0.1, 0.15) is 0 Å². The third-order valence-electron chi connectivity index (χ3n) is 3.58. The fraction of sp³-hybridized carbons (Fsp3) is 0.333. The Balaban J connectivity index is 2.02. The minimum Gasteiger partial charge on any atom is -0.307 e. The maximum atomic E-state index is 4.51. The number of alkyl halides is 1. The van der Waals surface area contributed by atoms with Crippen molar-refractivity contribution >= 4 is 27.6 Å². The van der Waals surface area contributed by atoms with Gasteiger partial charge in [0.15, 0.2) is 0 Å². The summed E-state index contributed by atoms with van der Waals surface area (Å²) in [6, 6.07) is 8.97. The second kappa shape index (κ2) is 5.29. The Hall–Kier alpha value is -1.42. The molecule has 0 saturated carbocycles. The highest BCUT2D eigenvalue weighted by Crippen LogP contribution is 2.34. The molecular formula is C15H16BrN3. The van der Waals surface area contributed by atoms with E-state index in [1.165, 1.54) is 11.3 Å². The van der Waals surface area contributed by atoms with E-state index >= 15 is 0 Å². The van der Waals surface area contributed by atoms with E-state index in [-0.39, 0.29) is 0 Å². The van der Waals surface area contributed by atoms with Crippen LogP contribution in [0.4, 0.5) is 11.6 Å². The Kier molecular flexibility index (Phi) is 3.51. The summed E-state index contributed by atoms with van der Waals surface area (Å²) in [6.07, 6.45) is 6.05. The predicted octanol–water partition coefficient (Wildman–Crippen LogP) is 3.84. The number of benzene rings is 1. The lowest BCUT2D eigenvalue weighted by atomic mass is 9.97. The lowest BCUT2D eigenvalue weighted by molar-refractivity contribution is 0.607. The first-order chi connectivity index (χ1) is 9.29. The third kappa shape index (κ3) is 2.37. The molecular weight excluding hydrogens is 302 g/mol. The number of hydrogen-bond acceptors (Lipinski definition) is 3. The van der Waals surface area contributed by atoms with Crippen LogP contribution in [-0.4, -0.2) is 16.0 Å². The molecule has 0 radical (unpaired) electrons. The summed E-state index contributed by atoms with van der Waals surface area (Å²) in [5.41, 5.74) is 3.73. The van der Waals surface area contributed by atoms with Crippen molar-refractivity contribution in [2.45, 2.75) is 31.1 Å². The van der Waals surface area contributed by atoms with E-state index in [0.29, 0.717) is 6.04 Å². The zero-order valence-corrected chi connectivity index (χ0v) is 12.5. The summed E-state index contributed by atoms with van der Waals surface area (Å²) in [6.45, 7) is 2.23. The molecule has 0 N–H and O–H groups in total. The minimum absolute atomic E-state index is 0.435. The number of nitrogens with zero attached hydrogens (tertiary/aromatic N) is 3. The van der Waals surface area contributed by atoms with Crippen molar-refractivity contribution in [3.05, 3.63) is 47.8 Å². The molecule has 0 saturated heterocycles. The van der Waals surface area contributed by atoms with Crippen LogP contribution in [0, 0.1) is 0 Å². The van der Waals surface area contributed by atoms with E-state index in [4.69, 9.17) is 0 Å². The maximum Gasteiger partial charge on any atom is 0.230 e. The molecule has 0 aliphatic carbocycles. The lowest BCUT2D eigenvalue weighted by Gasteiger charge is -2.35. The fourth-order valence-electron chi connectivity index (χ4n) is 2.53. The Labute approximate surface area is 121 Å². The van der Waals surface area contributed by atoms with E-state index in [1.807, 2.05) is 12.4 Å². The van der Waals surface area contributed by atoms with Gasteiger partial charge in [0.25, 0.3) is 0 Å². The Morgan fingerprint density at radius 2 is 2.00 bits per heavy atom. The van der Waals surface area contributed by atoms with E-state index in [0.717, 1.165) is 29.7 Å². The largest absolute Gasteiger partial charge is 0.307 e. The first kappa shape index (κ1) is 12.6. The zero-order valence-electron chi connectivity index (χ0n) is 10.9. The number of aryl methyl sites for hydroxylation is 1. The van der Waals surface area contributed by atoms with Gasteiger partial charge in [-0.15, -0.1) is 0 Å². The van der Waals surface area contributed by atoms with Crippen LogP contribution in [0.15, 0.2) is 36.7 Å². The summed E-state index contributed by atoms with van der Waals surface area (Å²) in [4.78, 5) is 11.3. The standard InChI is InChI=1S/C15H16BrN3/c1-11-6-7-13-4-2-3-5-14(13)19(11)15-17-9-12(8-16)10-18-15/h2-5,9-11H,6-8H2,1H3. The van der Waals surface area contributed by atoms with Gasteiger partial charge in [-0.05, 0) is 37.0 Å². The van der Waals surface area contributed by atoms with Crippen LogP contribution in [0.2, 0.25) is 0 Å². The number of aromatic nitrogens is 2. The van der Waals surface area contributed by atoms with Gasteiger partial charge in [0, 0.05) is 29.5 Å². The topological polar surface area (TPSA) is 29.0 Å². The predicted molar refractivity (Wildman–Crippen MR) is 81.0 cm³/mol. The number of para-hydroxylation sites is 1. The molecule has 1 atom stereocenters. The molecule has 0 fully saturated rings. The molecule has 19 heavy (non-hydrogen) atoms. The van der Waals surface area contributed by atoms with E-state index < -0.39 is 0 Å². The second-order valence-electron chi connectivity index (χ2n) is 4.91. The highest BCUT2D eigenvalue weighted by atomic mass is 79.9. The maximum absolute atomic E-state index is 4.51. The minimum atomic E-state index is 0.435. The quantitative estimate of drug-likeness (QED) is 0.788. The average Bonchev–Trinajstić information content (AvgIpc) is 2.47. The molecule has 2 aromatic rings. The molecule has 0 spiro atoms. The Morgan fingerprint density at radius 3 is 2.74 bits per heavy atom. The lowest BCUT2D eigenvalue weighted by Crippen LogP contribution is -2.34. The first-order valence-corrected chi connectivity index (χ1v) is 7.66. The molecule has 98 valence electrons. The number of anilines is 2. The molecule has 3 nitrogen and oxygen atoms in total. The molecule has 0 bridgehead atoms. The van der Waals surface area contributed by atoms with Crippen LogP contribution in [0.5, 0.6) is 0 Å². The SMILES string of the molecule is CC1CCc2ccccc2N1c1ncc(CBr)cn1. The van der Waals surface area contributed by atoms with Crippen molar-refractivity contribution in [1.82, 2.24) is 9.97 Å². The Morgan fingerprint density at radius 1 is 1.26 bits per heavy atom. The summed E-state index contributed by atoms with van der Waals surface area (Å²) in [5.74, 6) is 0.796. The molecule has 0 amide bonds. The molecule has 1 aromatic heterocycles. The molecule has 3 rings (SSSR count). The van der Waals surface area contributed by atoms with E-state index in [1.54, 1.807) is 0 Å². The fourth-order valence-corrected chi connectivity index (χ4v) is 2.82. The number of halogens is 1. The number of rotatable bonds is 2. The van der Waals surface area contributed by atoms with Gasteiger partial charge >= 0.3 is 0 Å². The normalized spacial score (nSPS) is 18.2. The average molecular weight is 318 g/mol. The van der Waals surface area contributed by atoms with Crippen LogP contribution in [0.1, 0.15) is 24.5 Å². The number of fused-ring (bicyclic) bond motifs is 1. The Bertz CT molecular complexity index is 568. The van der Waals surface area contributed by atoms with Gasteiger partial charge in [-0.3, -0.25) is 0 Å². The second-order valence-corrected chi connectivity index (χ2v) is 5.47. The van der Waals surface area contributed by atoms with Crippen LogP contribution in [0.3, 0.4) is 0 Å². The summed E-state index contributed by atoms with van der Waals surface area (Å²) in [7, 11) is 0. The van der Waals surface area contributed by atoms with Gasteiger partial charge < -0.3 is 4.90 Å². The van der Waals surface area contributed by atoms with E-state index in [2.05, 4.69) is 62.0 Å². The molecule has 1 aromatic carbocycles. The van der Waals surface area contributed by atoms with Crippen LogP contribution < -0.4 is 4.90 Å². The molecule has 1 unspecified atom stereocenters.